The average molecular weight is 555 g/mol. The van der Waals surface area contributed by atoms with Crippen molar-refractivity contribution in [1.29, 1.82) is 0 Å². The van der Waals surface area contributed by atoms with Crippen LogP contribution in [0.1, 0.15) is 61.9 Å². The average Bonchev–Trinajstić information content (AvgIpc) is 3.18. The lowest BCUT2D eigenvalue weighted by atomic mass is 10.1. The van der Waals surface area contributed by atoms with Gasteiger partial charge in [0.1, 0.15) is 6.04 Å². The van der Waals surface area contributed by atoms with E-state index in [1.165, 1.54) is 0 Å². The molecule has 1 heterocycles. The molecule has 3 amide bonds. The minimum atomic E-state index is -0.611. The number of hydrogen-bond acceptors (Lipinski definition) is 3. The second-order valence-electron chi connectivity index (χ2n) is 9.58. The summed E-state index contributed by atoms with van der Waals surface area (Å²) in [6.07, 6.45) is 3.00. The highest BCUT2D eigenvalue weighted by molar-refractivity contribution is 6.42. The van der Waals surface area contributed by atoms with Crippen LogP contribution in [0.3, 0.4) is 0 Å². The van der Waals surface area contributed by atoms with Crippen LogP contribution in [0.15, 0.2) is 54.6 Å². The molecule has 0 aromatic heterocycles. The van der Waals surface area contributed by atoms with Crippen molar-refractivity contribution in [3.05, 3.63) is 75.8 Å². The van der Waals surface area contributed by atoms with Gasteiger partial charge in [0, 0.05) is 37.0 Å². The molecule has 200 valence electrons. The van der Waals surface area contributed by atoms with E-state index in [2.05, 4.69) is 12.2 Å². The summed E-state index contributed by atoms with van der Waals surface area (Å²) in [5, 5.41) is 5.79. The molecule has 0 spiro atoms. The predicted molar refractivity (Wildman–Crippen MR) is 154 cm³/mol. The number of unbranched alkanes of at least 4 members (excludes halogenated alkanes) is 1. The van der Waals surface area contributed by atoms with Crippen molar-refractivity contribution in [3.8, 4) is 0 Å². The molecule has 38 heavy (non-hydrogen) atoms. The first-order chi connectivity index (χ1) is 18.3. The molecule has 6 nitrogen and oxygen atoms in total. The smallest absolute Gasteiger partial charge is 0.258 e. The summed E-state index contributed by atoms with van der Waals surface area (Å²) in [5.41, 5.74) is 2.37. The summed E-state index contributed by atoms with van der Waals surface area (Å²) in [5.74, 6) is -0.346. The van der Waals surface area contributed by atoms with Crippen molar-refractivity contribution in [2.75, 3.05) is 18.0 Å². The summed E-state index contributed by atoms with van der Waals surface area (Å²) in [6.45, 7) is 5.19. The van der Waals surface area contributed by atoms with Crippen molar-refractivity contribution in [1.82, 2.24) is 10.2 Å². The number of amides is 3. The predicted octanol–water partition coefficient (Wildman–Crippen LogP) is 6.61. The molecular formula is C30H33Cl2N3O3. The number of hydrogen-bond donors (Lipinski definition) is 1. The van der Waals surface area contributed by atoms with Crippen LogP contribution in [0, 0.1) is 0 Å². The first kappa shape index (κ1) is 27.9. The molecule has 0 fully saturated rings. The molecule has 8 heteroatoms. The maximum absolute atomic E-state index is 13.6. The molecule has 1 aliphatic heterocycles. The van der Waals surface area contributed by atoms with Gasteiger partial charge in [0.05, 0.1) is 15.7 Å². The molecule has 0 radical (unpaired) electrons. The van der Waals surface area contributed by atoms with Crippen LogP contribution in [0.5, 0.6) is 0 Å². The van der Waals surface area contributed by atoms with Crippen molar-refractivity contribution in [2.24, 2.45) is 0 Å². The third kappa shape index (κ3) is 5.97. The normalized spacial score (nSPS) is 13.2. The Hall–Kier alpha value is -3.09. The van der Waals surface area contributed by atoms with E-state index in [1.54, 1.807) is 21.9 Å². The van der Waals surface area contributed by atoms with Gasteiger partial charge in [-0.15, -0.1) is 0 Å². The maximum atomic E-state index is 13.6. The van der Waals surface area contributed by atoms with E-state index in [1.807, 2.05) is 49.4 Å². The number of carbonyl (C=O) groups excluding carboxylic acids is 3. The summed E-state index contributed by atoms with van der Waals surface area (Å²) in [4.78, 5) is 43.1. The first-order valence-electron chi connectivity index (χ1n) is 13.2. The monoisotopic (exact) mass is 553 g/mol. The molecule has 0 saturated carbocycles. The molecular weight excluding hydrogens is 521 g/mol. The van der Waals surface area contributed by atoms with Crippen molar-refractivity contribution in [3.63, 3.8) is 0 Å². The summed E-state index contributed by atoms with van der Waals surface area (Å²) in [7, 11) is 0. The quantitative estimate of drug-likeness (QED) is 0.256. The van der Waals surface area contributed by atoms with Gasteiger partial charge in [-0.2, -0.15) is 0 Å². The number of rotatable bonds is 12. The lowest BCUT2D eigenvalue weighted by molar-refractivity contribution is -0.141. The third-order valence-electron chi connectivity index (χ3n) is 6.97. The van der Waals surface area contributed by atoms with Crippen LogP contribution in [0.25, 0.3) is 10.8 Å². The molecule has 1 atom stereocenters. The van der Waals surface area contributed by atoms with Gasteiger partial charge in [0.2, 0.25) is 11.8 Å². The SMILES string of the molecule is CCCCNC(=O)C(CC)N(Cc1ccc(Cl)c(Cl)c1)C(=O)CCCN1C(=O)c2cccc3cccc1c23. The topological polar surface area (TPSA) is 69.7 Å². The lowest BCUT2D eigenvalue weighted by Crippen LogP contribution is -2.49. The van der Waals surface area contributed by atoms with Gasteiger partial charge in [-0.3, -0.25) is 14.4 Å². The van der Waals surface area contributed by atoms with Gasteiger partial charge in [0.25, 0.3) is 5.91 Å². The minimum absolute atomic E-state index is 0.0429. The highest BCUT2D eigenvalue weighted by atomic mass is 35.5. The van der Waals surface area contributed by atoms with Gasteiger partial charge in [-0.25, -0.2) is 0 Å². The third-order valence-corrected chi connectivity index (χ3v) is 7.71. The number of nitrogens with one attached hydrogen (secondary N) is 1. The van der Waals surface area contributed by atoms with E-state index < -0.39 is 6.04 Å². The largest absolute Gasteiger partial charge is 0.354 e. The Morgan fingerprint density at radius 3 is 2.47 bits per heavy atom. The fourth-order valence-corrected chi connectivity index (χ4v) is 5.31. The van der Waals surface area contributed by atoms with Crippen molar-refractivity contribution in [2.45, 2.75) is 58.5 Å². The zero-order valence-corrected chi connectivity index (χ0v) is 23.3. The highest BCUT2D eigenvalue weighted by Gasteiger charge is 2.31. The fraction of sp³-hybridized carbons (Fsp3) is 0.367. The van der Waals surface area contributed by atoms with Gasteiger partial charge in [-0.1, -0.05) is 73.8 Å². The molecule has 0 saturated heterocycles. The van der Waals surface area contributed by atoms with Crippen LogP contribution in [-0.2, 0) is 16.1 Å². The van der Waals surface area contributed by atoms with E-state index in [0.29, 0.717) is 41.5 Å². The number of anilines is 1. The number of halogens is 2. The zero-order chi connectivity index (χ0) is 27.2. The molecule has 3 aromatic carbocycles. The van der Waals surface area contributed by atoms with Crippen LogP contribution in [0.4, 0.5) is 5.69 Å². The van der Waals surface area contributed by atoms with E-state index in [4.69, 9.17) is 23.2 Å². The van der Waals surface area contributed by atoms with Crippen molar-refractivity contribution < 1.29 is 14.4 Å². The Morgan fingerprint density at radius 1 is 1.00 bits per heavy atom. The molecule has 1 unspecified atom stereocenters. The van der Waals surface area contributed by atoms with Crippen LogP contribution in [-0.4, -0.2) is 41.8 Å². The highest BCUT2D eigenvalue weighted by Crippen LogP contribution is 2.37. The van der Waals surface area contributed by atoms with Crippen LogP contribution >= 0.6 is 23.2 Å². The van der Waals surface area contributed by atoms with Gasteiger partial charge >= 0.3 is 0 Å². The fourth-order valence-electron chi connectivity index (χ4n) is 4.99. The summed E-state index contributed by atoms with van der Waals surface area (Å²) >= 11 is 12.3. The second kappa shape index (κ2) is 12.6. The summed E-state index contributed by atoms with van der Waals surface area (Å²) in [6, 6.07) is 16.3. The Bertz CT molecular complexity index is 1340. The van der Waals surface area contributed by atoms with E-state index in [9.17, 15) is 14.4 Å². The Kier molecular flexibility index (Phi) is 9.29. The van der Waals surface area contributed by atoms with E-state index in [0.717, 1.165) is 34.9 Å². The molecule has 1 aliphatic rings. The number of nitrogens with zero attached hydrogens (tertiary/aromatic N) is 2. The zero-order valence-electron chi connectivity index (χ0n) is 21.8. The number of carbonyl (C=O) groups is 3. The van der Waals surface area contributed by atoms with Gasteiger partial charge < -0.3 is 15.1 Å². The maximum Gasteiger partial charge on any atom is 0.258 e. The second-order valence-corrected chi connectivity index (χ2v) is 10.4. The first-order valence-corrected chi connectivity index (χ1v) is 14.0. The molecule has 0 bridgehead atoms. The van der Waals surface area contributed by atoms with Crippen molar-refractivity contribution >= 4 is 57.4 Å². The Balaban J connectivity index is 1.48. The van der Waals surface area contributed by atoms with Gasteiger partial charge in [-0.05, 0) is 54.5 Å². The molecule has 3 aromatic rings. The lowest BCUT2D eigenvalue weighted by Gasteiger charge is -2.31. The summed E-state index contributed by atoms with van der Waals surface area (Å²) < 4.78 is 0. The molecule has 0 aliphatic carbocycles. The minimum Gasteiger partial charge on any atom is -0.354 e. The van der Waals surface area contributed by atoms with Crippen LogP contribution < -0.4 is 10.2 Å². The Morgan fingerprint density at radius 2 is 1.76 bits per heavy atom. The van der Waals surface area contributed by atoms with E-state index in [-0.39, 0.29) is 30.7 Å². The molecule has 4 rings (SSSR count). The van der Waals surface area contributed by atoms with E-state index >= 15 is 0 Å². The molecule has 1 N–H and O–H groups in total. The van der Waals surface area contributed by atoms with Crippen LogP contribution in [0.2, 0.25) is 10.0 Å². The van der Waals surface area contributed by atoms with Gasteiger partial charge in [0.15, 0.2) is 0 Å². The number of benzene rings is 3. The standard InChI is InChI=1S/C30H33Cl2N3O3/c1-3-5-16-33-29(37)25(4-2)35(19-20-14-15-23(31)24(32)18-20)27(36)13-8-17-34-26-12-7-10-21-9-6-11-22(28(21)26)30(34)38/h6-7,9-12,14-15,18,25H,3-5,8,13,16-17,19H2,1-2H3,(H,33,37). The Labute approximate surface area is 233 Å².